The molecule has 0 unspecified atom stereocenters. The minimum atomic E-state index is -0.0251. The standard InChI is InChI=1S/C20H32OS2/c1-13-11-16(19(3,4)5)17(21)14(2)15(13)12-20(6,7)18-22-9-8-10-23-18/h11,18,21H,8-10,12H2,1-7H3. The molecule has 1 fully saturated rings. The van der Waals surface area contributed by atoms with Crippen molar-refractivity contribution in [3.8, 4) is 5.75 Å². The first kappa shape index (κ1) is 19.1. The Kier molecular flexibility index (Phi) is 5.73. The van der Waals surface area contributed by atoms with Crippen LogP contribution >= 0.6 is 23.5 Å². The van der Waals surface area contributed by atoms with Gasteiger partial charge in [0, 0.05) is 0 Å². The number of rotatable bonds is 3. The van der Waals surface area contributed by atoms with E-state index in [4.69, 9.17) is 0 Å². The molecule has 0 atom stereocenters. The zero-order chi connectivity index (χ0) is 17.4. The van der Waals surface area contributed by atoms with Crippen LogP contribution in [0.4, 0.5) is 0 Å². The molecule has 0 spiro atoms. The van der Waals surface area contributed by atoms with Crippen molar-refractivity contribution in [1.82, 2.24) is 0 Å². The highest BCUT2D eigenvalue weighted by Gasteiger charge is 2.33. The van der Waals surface area contributed by atoms with Crippen LogP contribution in [0.2, 0.25) is 0 Å². The van der Waals surface area contributed by atoms with E-state index >= 15 is 0 Å². The Morgan fingerprint density at radius 1 is 1.09 bits per heavy atom. The molecule has 23 heavy (non-hydrogen) atoms. The Morgan fingerprint density at radius 3 is 2.17 bits per heavy atom. The van der Waals surface area contributed by atoms with Gasteiger partial charge in [-0.2, -0.15) is 0 Å². The van der Waals surface area contributed by atoms with Gasteiger partial charge in [0.05, 0.1) is 4.58 Å². The molecule has 0 radical (unpaired) electrons. The van der Waals surface area contributed by atoms with Crippen LogP contribution in [-0.4, -0.2) is 21.2 Å². The molecule has 1 nitrogen and oxygen atoms in total. The maximum atomic E-state index is 10.7. The van der Waals surface area contributed by atoms with Crippen molar-refractivity contribution in [2.75, 3.05) is 11.5 Å². The molecular weight excluding hydrogens is 320 g/mol. The second kappa shape index (κ2) is 6.92. The van der Waals surface area contributed by atoms with Crippen molar-refractivity contribution in [1.29, 1.82) is 0 Å². The average Bonchev–Trinajstić information content (AvgIpc) is 2.47. The van der Waals surface area contributed by atoms with Crippen LogP contribution in [-0.2, 0) is 11.8 Å². The van der Waals surface area contributed by atoms with Gasteiger partial charge < -0.3 is 5.11 Å². The SMILES string of the molecule is Cc1cc(C(C)(C)C)c(O)c(C)c1CC(C)(C)C1SCCCS1. The Labute approximate surface area is 151 Å². The molecule has 130 valence electrons. The summed E-state index contributed by atoms with van der Waals surface area (Å²) in [6.45, 7) is 15.6. The third-order valence-electron chi connectivity index (χ3n) is 4.81. The summed E-state index contributed by atoms with van der Waals surface area (Å²) < 4.78 is 0.652. The topological polar surface area (TPSA) is 20.2 Å². The monoisotopic (exact) mass is 352 g/mol. The maximum absolute atomic E-state index is 10.7. The van der Waals surface area contributed by atoms with E-state index in [-0.39, 0.29) is 10.8 Å². The lowest BCUT2D eigenvalue weighted by atomic mass is 9.79. The Bertz CT molecular complexity index is 564. The molecule has 3 heteroatoms. The van der Waals surface area contributed by atoms with Gasteiger partial charge in [0.1, 0.15) is 5.75 Å². The van der Waals surface area contributed by atoms with E-state index in [0.717, 1.165) is 17.5 Å². The van der Waals surface area contributed by atoms with Gasteiger partial charge in [0.15, 0.2) is 0 Å². The van der Waals surface area contributed by atoms with E-state index in [1.807, 2.05) is 0 Å². The molecule has 1 aliphatic rings. The maximum Gasteiger partial charge on any atom is 0.122 e. The normalized spacial score (nSPS) is 17.5. The van der Waals surface area contributed by atoms with Crippen molar-refractivity contribution in [2.45, 2.75) is 71.3 Å². The zero-order valence-corrected chi connectivity index (χ0v) is 17.4. The van der Waals surface area contributed by atoms with Gasteiger partial charge >= 0.3 is 0 Å². The second-order valence-electron chi connectivity index (χ2n) is 8.54. The van der Waals surface area contributed by atoms with Crippen LogP contribution < -0.4 is 0 Å². The number of benzene rings is 1. The molecule has 0 aromatic heterocycles. The summed E-state index contributed by atoms with van der Waals surface area (Å²) in [5, 5.41) is 10.7. The van der Waals surface area contributed by atoms with Gasteiger partial charge in [-0.05, 0) is 71.3 Å². The highest BCUT2D eigenvalue weighted by Crippen LogP contribution is 2.46. The molecule has 2 rings (SSSR count). The Balaban J connectivity index is 2.35. The van der Waals surface area contributed by atoms with E-state index < -0.39 is 0 Å². The molecule has 1 aromatic carbocycles. The van der Waals surface area contributed by atoms with E-state index in [9.17, 15) is 5.11 Å². The Hall–Kier alpha value is -0.280. The Morgan fingerprint density at radius 2 is 1.65 bits per heavy atom. The van der Waals surface area contributed by atoms with Crippen LogP contribution in [0.1, 0.15) is 63.3 Å². The third kappa shape index (κ3) is 4.22. The van der Waals surface area contributed by atoms with Crippen LogP contribution in [0, 0.1) is 19.3 Å². The van der Waals surface area contributed by atoms with Crippen molar-refractivity contribution in [3.63, 3.8) is 0 Å². The van der Waals surface area contributed by atoms with Crippen LogP contribution in [0.3, 0.4) is 0 Å². The second-order valence-corrected chi connectivity index (χ2v) is 11.3. The summed E-state index contributed by atoms with van der Waals surface area (Å²) in [4.78, 5) is 0. The first-order valence-corrected chi connectivity index (χ1v) is 10.7. The van der Waals surface area contributed by atoms with E-state index in [0.29, 0.717) is 10.3 Å². The predicted octanol–water partition coefficient (Wildman–Crippen LogP) is 6.07. The smallest absolute Gasteiger partial charge is 0.122 e. The van der Waals surface area contributed by atoms with Gasteiger partial charge in [-0.3, -0.25) is 0 Å². The fraction of sp³-hybridized carbons (Fsp3) is 0.700. The molecule has 1 saturated heterocycles. The highest BCUT2D eigenvalue weighted by molar-refractivity contribution is 8.17. The van der Waals surface area contributed by atoms with Crippen molar-refractivity contribution in [2.24, 2.45) is 5.41 Å². The van der Waals surface area contributed by atoms with Crippen molar-refractivity contribution in [3.05, 3.63) is 28.3 Å². The molecular formula is C20H32OS2. The first-order valence-electron chi connectivity index (χ1n) is 8.60. The van der Waals surface area contributed by atoms with Gasteiger partial charge in [0.2, 0.25) is 0 Å². The molecule has 0 saturated carbocycles. The van der Waals surface area contributed by atoms with Crippen molar-refractivity contribution >= 4 is 23.5 Å². The molecule has 0 aliphatic carbocycles. The summed E-state index contributed by atoms with van der Waals surface area (Å²) in [6, 6.07) is 2.20. The third-order valence-corrected chi connectivity index (χ3v) is 8.55. The molecule has 1 aliphatic heterocycles. The summed E-state index contributed by atoms with van der Waals surface area (Å²) in [7, 11) is 0. The van der Waals surface area contributed by atoms with Crippen LogP contribution in [0.15, 0.2) is 6.07 Å². The molecule has 0 bridgehead atoms. The lowest BCUT2D eigenvalue weighted by Crippen LogP contribution is -2.30. The quantitative estimate of drug-likeness (QED) is 0.713. The number of hydrogen-bond acceptors (Lipinski definition) is 3. The van der Waals surface area contributed by atoms with Gasteiger partial charge in [-0.15, -0.1) is 23.5 Å². The summed E-state index contributed by atoms with van der Waals surface area (Å²) >= 11 is 4.23. The largest absolute Gasteiger partial charge is 0.507 e. The van der Waals surface area contributed by atoms with E-state index in [1.165, 1.54) is 29.1 Å². The van der Waals surface area contributed by atoms with Gasteiger partial charge in [0.25, 0.3) is 0 Å². The number of aromatic hydroxyl groups is 1. The van der Waals surface area contributed by atoms with E-state index in [1.54, 1.807) is 0 Å². The van der Waals surface area contributed by atoms with Crippen LogP contribution in [0.25, 0.3) is 0 Å². The number of phenols is 1. The highest BCUT2D eigenvalue weighted by atomic mass is 32.2. The average molecular weight is 353 g/mol. The minimum Gasteiger partial charge on any atom is -0.507 e. The minimum absolute atomic E-state index is 0.0251. The van der Waals surface area contributed by atoms with Crippen LogP contribution in [0.5, 0.6) is 5.75 Å². The van der Waals surface area contributed by atoms with E-state index in [2.05, 4.69) is 78.1 Å². The summed E-state index contributed by atoms with van der Waals surface area (Å²) in [6.07, 6.45) is 2.37. The number of aryl methyl sites for hydroxylation is 1. The molecule has 1 aromatic rings. The number of phenolic OH excluding ortho intramolecular Hbond substituents is 1. The summed E-state index contributed by atoms with van der Waals surface area (Å²) in [5.41, 5.74) is 5.02. The zero-order valence-electron chi connectivity index (χ0n) is 15.7. The van der Waals surface area contributed by atoms with Crippen molar-refractivity contribution < 1.29 is 5.11 Å². The van der Waals surface area contributed by atoms with Gasteiger partial charge in [-0.25, -0.2) is 0 Å². The first-order chi connectivity index (χ1) is 10.5. The lowest BCUT2D eigenvalue weighted by molar-refractivity contribution is 0.396. The summed E-state index contributed by atoms with van der Waals surface area (Å²) in [5.74, 6) is 3.07. The fourth-order valence-electron chi connectivity index (χ4n) is 3.33. The lowest BCUT2D eigenvalue weighted by Gasteiger charge is -2.37. The number of hydrogen-bond donors (Lipinski definition) is 1. The predicted molar refractivity (Wildman–Crippen MR) is 107 cm³/mol. The molecule has 1 heterocycles. The number of thioether (sulfide) groups is 2. The molecule has 0 amide bonds. The van der Waals surface area contributed by atoms with Gasteiger partial charge in [-0.1, -0.05) is 40.7 Å². The fourth-order valence-corrected chi connectivity index (χ4v) is 6.60. The molecule has 1 N–H and O–H groups in total.